The second kappa shape index (κ2) is 9.95. The van der Waals surface area contributed by atoms with E-state index in [-0.39, 0.29) is 17.6 Å². The molecule has 0 spiro atoms. The number of thiophene rings is 1. The van der Waals surface area contributed by atoms with Gasteiger partial charge in [0.1, 0.15) is 5.00 Å². The minimum Gasteiger partial charge on any atom is -0.462 e. The van der Waals surface area contributed by atoms with Crippen molar-refractivity contribution in [2.75, 3.05) is 17.7 Å². The average Bonchev–Trinajstić information content (AvgIpc) is 3.10. The predicted octanol–water partition coefficient (Wildman–Crippen LogP) is 4.84. The first-order valence-corrected chi connectivity index (χ1v) is 12.0. The van der Waals surface area contributed by atoms with Crippen LogP contribution in [0.25, 0.3) is 0 Å². The Morgan fingerprint density at radius 2 is 1.97 bits per heavy atom. The lowest BCUT2D eigenvalue weighted by Crippen LogP contribution is -2.30. The van der Waals surface area contributed by atoms with Gasteiger partial charge in [-0.25, -0.2) is 9.59 Å². The molecular formula is C25H32N2O5S. The number of benzene rings is 1. The van der Waals surface area contributed by atoms with Crippen LogP contribution in [0.4, 0.5) is 10.7 Å². The van der Waals surface area contributed by atoms with E-state index in [1.54, 1.807) is 25.1 Å². The number of hydrogen-bond acceptors (Lipinski definition) is 7. The Balaban J connectivity index is 1.80. The molecule has 1 aromatic carbocycles. The van der Waals surface area contributed by atoms with Crippen molar-refractivity contribution in [1.82, 2.24) is 0 Å². The van der Waals surface area contributed by atoms with Crippen molar-refractivity contribution >= 4 is 39.9 Å². The van der Waals surface area contributed by atoms with Crippen molar-refractivity contribution in [3.05, 3.63) is 45.8 Å². The molecule has 0 saturated heterocycles. The van der Waals surface area contributed by atoms with Gasteiger partial charge in [0.05, 0.1) is 17.7 Å². The van der Waals surface area contributed by atoms with Gasteiger partial charge in [0.25, 0.3) is 5.91 Å². The maximum absolute atomic E-state index is 12.9. The Labute approximate surface area is 198 Å². The molecular weight excluding hydrogens is 440 g/mol. The van der Waals surface area contributed by atoms with E-state index in [0.29, 0.717) is 22.2 Å². The molecule has 2 aromatic rings. The molecule has 3 rings (SSSR count). The minimum atomic E-state index is -1.06. The molecule has 3 N–H and O–H groups in total. The van der Waals surface area contributed by atoms with E-state index in [9.17, 15) is 14.4 Å². The number of anilines is 2. The lowest BCUT2D eigenvalue weighted by molar-refractivity contribution is -0.123. The fourth-order valence-electron chi connectivity index (χ4n) is 3.99. The van der Waals surface area contributed by atoms with Crippen LogP contribution in [0.15, 0.2) is 24.3 Å². The second-order valence-electron chi connectivity index (χ2n) is 9.40. The van der Waals surface area contributed by atoms with Gasteiger partial charge < -0.3 is 20.5 Å². The molecule has 1 heterocycles. The molecule has 33 heavy (non-hydrogen) atoms. The summed E-state index contributed by atoms with van der Waals surface area (Å²) < 4.78 is 10.6. The van der Waals surface area contributed by atoms with Crippen LogP contribution in [0.2, 0.25) is 0 Å². The van der Waals surface area contributed by atoms with Crippen molar-refractivity contribution in [2.45, 2.75) is 60.0 Å². The second-order valence-corrected chi connectivity index (χ2v) is 10.5. The maximum atomic E-state index is 12.9. The zero-order valence-corrected chi connectivity index (χ0v) is 20.6. The number of nitrogen functional groups attached to an aromatic ring is 1. The first kappa shape index (κ1) is 24.8. The molecule has 0 aliphatic heterocycles. The molecule has 1 amide bonds. The zero-order valence-electron chi connectivity index (χ0n) is 19.8. The standard InChI is InChI=1S/C25H32N2O5S/c1-6-31-24(30)20-18-11-10-16(25(3,4)5)13-19(18)33-22(20)27-21(28)14(2)32-23(29)15-8-7-9-17(26)12-15/h7-9,12,14,16H,6,10-11,13,26H2,1-5H3,(H,27,28). The SMILES string of the molecule is CCOC(=O)c1c(NC(=O)C(C)OC(=O)c2cccc(N)c2)sc2c1CCC(C(C)(C)C)C2. The van der Waals surface area contributed by atoms with E-state index >= 15 is 0 Å². The molecule has 2 atom stereocenters. The van der Waals surface area contributed by atoms with Crippen molar-refractivity contribution in [2.24, 2.45) is 11.3 Å². The number of hydrogen-bond donors (Lipinski definition) is 2. The van der Waals surface area contributed by atoms with Gasteiger partial charge in [0.2, 0.25) is 0 Å². The molecule has 1 aromatic heterocycles. The first-order chi connectivity index (χ1) is 15.5. The molecule has 0 bridgehead atoms. The van der Waals surface area contributed by atoms with Gasteiger partial charge in [-0.15, -0.1) is 11.3 Å². The molecule has 2 unspecified atom stereocenters. The number of ether oxygens (including phenoxy) is 2. The van der Waals surface area contributed by atoms with Gasteiger partial charge in [-0.2, -0.15) is 0 Å². The highest BCUT2D eigenvalue weighted by molar-refractivity contribution is 7.17. The van der Waals surface area contributed by atoms with Crippen LogP contribution in [0.3, 0.4) is 0 Å². The number of amides is 1. The van der Waals surface area contributed by atoms with E-state index in [1.807, 2.05) is 0 Å². The van der Waals surface area contributed by atoms with Crippen LogP contribution in [0.5, 0.6) is 0 Å². The third kappa shape index (κ3) is 5.74. The molecule has 178 valence electrons. The van der Waals surface area contributed by atoms with Gasteiger partial charge in [0.15, 0.2) is 6.10 Å². The number of nitrogens with one attached hydrogen (secondary N) is 1. The topological polar surface area (TPSA) is 108 Å². The Kier molecular flexibility index (Phi) is 7.47. The Morgan fingerprint density at radius 1 is 1.24 bits per heavy atom. The molecule has 0 radical (unpaired) electrons. The van der Waals surface area contributed by atoms with E-state index in [0.717, 1.165) is 29.7 Å². The molecule has 8 heteroatoms. The number of fused-ring (bicyclic) bond motifs is 1. The summed E-state index contributed by atoms with van der Waals surface area (Å²) in [4.78, 5) is 39.1. The summed E-state index contributed by atoms with van der Waals surface area (Å²) >= 11 is 1.41. The molecule has 1 aliphatic rings. The summed E-state index contributed by atoms with van der Waals surface area (Å²) in [5.74, 6) is -1.11. The van der Waals surface area contributed by atoms with Gasteiger partial charge in [-0.1, -0.05) is 26.8 Å². The highest BCUT2D eigenvalue weighted by Crippen LogP contribution is 2.44. The van der Waals surface area contributed by atoms with E-state index in [4.69, 9.17) is 15.2 Å². The quantitative estimate of drug-likeness (QED) is 0.460. The summed E-state index contributed by atoms with van der Waals surface area (Å²) in [5, 5.41) is 3.25. The lowest BCUT2D eigenvalue weighted by atomic mass is 9.72. The van der Waals surface area contributed by atoms with Crippen LogP contribution in [0.1, 0.15) is 72.2 Å². The molecule has 1 aliphatic carbocycles. The third-order valence-electron chi connectivity index (χ3n) is 5.98. The van der Waals surface area contributed by atoms with Gasteiger partial charge in [-0.05, 0) is 68.2 Å². The van der Waals surface area contributed by atoms with E-state index in [2.05, 4.69) is 26.1 Å². The van der Waals surface area contributed by atoms with Crippen molar-refractivity contribution in [1.29, 1.82) is 0 Å². The Bertz CT molecular complexity index is 1050. The smallest absolute Gasteiger partial charge is 0.341 e. The van der Waals surface area contributed by atoms with E-state index in [1.165, 1.54) is 24.3 Å². The van der Waals surface area contributed by atoms with Crippen LogP contribution in [-0.2, 0) is 27.1 Å². The maximum Gasteiger partial charge on any atom is 0.341 e. The van der Waals surface area contributed by atoms with Crippen LogP contribution < -0.4 is 11.1 Å². The molecule has 7 nitrogen and oxygen atoms in total. The minimum absolute atomic E-state index is 0.152. The largest absolute Gasteiger partial charge is 0.462 e. The Morgan fingerprint density at radius 3 is 2.61 bits per heavy atom. The molecule has 0 fully saturated rings. The number of carbonyl (C=O) groups excluding carboxylic acids is 3. The summed E-state index contributed by atoms with van der Waals surface area (Å²) in [6.07, 6.45) is 1.53. The van der Waals surface area contributed by atoms with Crippen molar-refractivity contribution in [3.63, 3.8) is 0 Å². The number of rotatable bonds is 6. The normalized spacial score (nSPS) is 16.5. The van der Waals surface area contributed by atoms with E-state index < -0.39 is 23.9 Å². The van der Waals surface area contributed by atoms with Crippen molar-refractivity contribution < 1.29 is 23.9 Å². The number of carbonyl (C=O) groups is 3. The molecule has 0 saturated carbocycles. The zero-order chi connectivity index (χ0) is 24.3. The van der Waals surface area contributed by atoms with Crippen LogP contribution in [0, 0.1) is 11.3 Å². The fraction of sp³-hybridized carbons (Fsp3) is 0.480. The average molecular weight is 473 g/mol. The van der Waals surface area contributed by atoms with Crippen LogP contribution >= 0.6 is 11.3 Å². The highest BCUT2D eigenvalue weighted by Gasteiger charge is 2.35. The summed E-state index contributed by atoms with van der Waals surface area (Å²) in [6, 6.07) is 6.36. The Hall–Kier alpha value is -2.87. The van der Waals surface area contributed by atoms with Gasteiger partial charge in [0, 0.05) is 10.6 Å². The lowest BCUT2D eigenvalue weighted by Gasteiger charge is -2.33. The fourth-order valence-corrected chi connectivity index (χ4v) is 5.31. The number of esters is 2. The summed E-state index contributed by atoms with van der Waals surface area (Å²) in [5.41, 5.74) is 7.94. The number of nitrogens with two attached hydrogens (primary N) is 1. The summed E-state index contributed by atoms with van der Waals surface area (Å²) in [6.45, 7) is 10.2. The first-order valence-electron chi connectivity index (χ1n) is 11.2. The van der Waals surface area contributed by atoms with Gasteiger partial charge >= 0.3 is 11.9 Å². The van der Waals surface area contributed by atoms with Gasteiger partial charge in [-0.3, -0.25) is 4.79 Å². The monoisotopic (exact) mass is 472 g/mol. The highest BCUT2D eigenvalue weighted by atomic mass is 32.1. The predicted molar refractivity (Wildman–Crippen MR) is 130 cm³/mol. The van der Waals surface area contributed by atoms with Crippen LogP contribution in [-0.4, -0.2) is 30.6 Å². The van der Waals surface area contributed by atoms with Crippen molar-refractivity contribution in [3.8, 4) is 0 Å². The third-order valence-corrected chi connectivity index (χ3v) is 7.15. The summed E-state index contributed by atoms with van der Waals surface area (Å²) in [7, 11) is 0.